The van der Waals surface area contributed by atoms with Gasteiger partial charge in [-0.2, -0.15) is 0 Å². The average molecular weight is 696 g/mol. The van der Waals surface area contributed by atoms with Crippen LogP contribution in [0.2, 0.25) is 0 Å². The van der Waals surface area contributed by atoms with E-state index >= 15 is 0 Å². The molecule has 0 aliphatic heterocycles. The van der Waals surface area contributed by atoms with Gasteiger partial charge in [0.25, 0.3) is 0 Å². The van der Waals surface area contributed by atoms with Crippen molar-refractivity contribution in [2.75, 3.05) is 39.6 Å². The summed E-state index contributed by atoms with van der Waals surface area (Å²) in [5.74, 6) is -2.45. The second kappa shape index (κ2) is 20.8. The van der Waals surface area contributed by atoms with E-state index in [1.165, 1.54) is 0 Å². The third-order valence-electron chi connectivity index (χ3n) is 5.95. The van der Waals surface area contributed by atoms with Crippen LogP contribution in [-0.4, -0.2) is 91.8 Å². The Bertz CT molecular complexity index is 1090. The summed E-state index contributed by atoms with van der Waals surface area (Å²) in [6.45, 7) is 15.3. The first-order valence-electron chi connectivity index (χ1n) is 16.6. The molecule has 0 unspecified atom stereocenters. The highest BCUT2D eigenvalue weighted by molar-refractivity contribution is 5.82. The molecular formula is C36H57NO12. The van der Waals surface area contributed by atoms with E-state index in [9.17, 15) is 24.0 Å². The molecule has 13 heteroatoms. The number of hydrogen-bond acceptors (Lipinski definition) is 12. The van der Waals surface area contributed by atoms with Crippen molar-refractivity contribution >= 4 is 29.8 Å². The van der Waals surface area contributed by atoms with Gasteiger partial charge in [0, 0.05) is 6.42 Å². The summed E-state index contributed by atoms with van der Waals surface area (Å²) in [5.41, 5.74) is -2.51. The smallest absolute Gasteiger partial charge is 0.308 e. The van der Waals surface area contributed by atoms with Crippen molar-refractivity contribution in [3.63, 3.8) is 0 Å². The fourth-order valence-electron chi connectivity index (χ4n) is 4.06. The van der Waals surface area contributed by atoms with E-state index in [0.29, 0.717) is 0 Å². The van der Waals surface area contributed by atoms with E-state index < -0.39 is 52.1 Å². The molecule has 0 fully saturated rings. The quantitative estimate of drug-likeness (QED) is 0.108. The van der Waals surface area contributed by atoms with Gasteiger partial charge in [0.15, 0.2) is 0 Å². The molecule has 1 aromatic carbocycles. The predicted octanol–water partition coefficient (Wildman–Crippen LogP) is 4.61. The van der Waals surface area contributed by atoms with Crippen LogP contribution >= 0.6 is 0 Å². The molecule has 0 aliphatic rings. The normalized spacial score (nSPS) is 12.2. The van der Waals surface area contributed by atoms with Gasteiger partial charge in [-0.15, -0.1) is 0 Å². The highest BCUT2D eigenvalue weighted by Crippen LogP contribution is 2.15. The third kappa shape index (κ3) is 23.4. The van der Waals surface area contributed by atoms with E-state index in [2.05, 4.69) is 5.32 Å². The Labute approximate surface area is 291 Å². The summed E-state index contributed by atoms with van der Waals surface area (Å²) in [6.07, 6.45) is -0.537. The lowest BCUT2D eigenvalue weighted by molar-refractivity contribution is -0.157. The van der Waals surface area contributed by atoms with Gasteiger partial charge in [-0.1, -0.05) is 30.3 Å². The standard InChI is InChI=1S/C36H57NO12/c1-33(2,3)47-30(40)17-20-43-24-36(25-44-21-18-31(41)48-34(4,5)6,26-45-22-19-32(42)49-35(7,8)9)37-28(38)15-16-29(39)46-23-27-13-11-10-12-14-27/h10-14H,15-26H2,1-9H3,(H,37,38). The second-order valence-corrected chi connectivity index (χ2v) is 14.6. The molecule has 1 amide bonds. The maximum absolute atomic E-state index is 13.2. The van der Waals surface area contributed by atoms with Crippen LogP contribution in [0.25, 0.3) is 0 Å². The molecular weight excluding hydrogens is 638 g/mol. The highest BCUT2D eigenvalue weighted by Gasteiger charge is 2.34. The molecule has 0 spiro atoms. The van der Waals surface area contributed by atoms with Crippen LogP contribution < -0.4 is 5.32 Å². The van der Waals surface area contributed by atoms with Crippen LogP contribution in [0.15, 0.2) is 30.3 Å². The van der Waals surface area contributed by atoms with Crippen LogP contribution in [0.4, 0.5) is 0 Å². The van der Waals surface area contributed by atoms with E-state index in [0.717, 1.165) is 5.56 Å². The van der Waals surface area contributed by atoms with Gasteiger partial charge in [-0.05, 0) is 67.9 Å². The number of ether oxygens (including phenoxy) is 7. The molecule has 0 heterocycles. The number of nitrogens with one attached hydrogen (secondary N) is 1. The summed E-state index contributed by atoms with van der Waals surface area (Å²) in [4.78, 5) is 62.4. The summed E-state index contributed by atoms with van der Waals surface area (Å²) in [5, 5.41) is 2.87. The Balaban J connectivity index is 3.01. The van der Waals surface area contributed by atoms with Gasteiger partial charge in [0.1, 0.15) is 28.9 Å². The predicted molar refractivity (Wildman–Crippen MR) is 180 cm³/mol. The second-order valence-electron chi connectivity index (χ2n) is 14.6. The van der Waals surface area contributed by atoms with Gasteiger partial charge in [-0.25, -0.2) is 0 Å². The Kier molecular flexibility index (Phi) is 18.5. The van der Waals surface area contributed by atoms with Crippen LogP contribution in [0.3, 0.4) is 0 Å². The molecule has 1 rings (SSSR count). The number of amides is 1. The van der Waals surface area contributed by atoms with Crippen molar-refractivity contribution in [1.82, 2.24) is 5.32 Å². The van der Waals surface area contributed by atoms with Gasteiger partial charge in [-0.3, -0.25) is 24.0 Å². The van der Waals surface area contributed by atoms with Crippen LogP contribution in [0.5, 0.6) is 0 Å². The largest absolute Gasteiger partial charge is 0.461 e. The number of benzene rings is 1. The van der Waals surface area contributed by atoms with Crippen molar-refractivity contribution in [2.45, 2.75) is 123 Å². The Morgan fingerprint density at radius 1 is 0.531 bits per heavy atom. The number of carbonyl (C=O) groups is 5. The molecule has 13 nitrogen and oxygen atoms in total. The first-order chi connectivity index (χ1) is 22.7. The highest BCUT2D eigenvalue weighted by atomic mass is 16.6. The Morgan fingerprint density at radius 3 is 1.29 bits per heavy atom. The topological polar surface area (TPSA) is 162 Å². The Morgan fingerprint density at radius 2 is 0.918 bits per heavy atom. The lowest BCUT2D eigenvalue weighted by Gasteiger charge is -2.34. The maximum Gasteiger partial charge on any atom is 0.308 e. The molecule has 0 aliphatic carbocycles. The van der Waals surface area contributed by atoms with E-state index in [-0.39, 0.29) is 78.4 Å². The van der Waals surface area contributed by atoms with Crippen molar-refractivity contribution in [3.05, 3.63) is 35.9 Å². The molecule has 0 aromatic heterocycles. The lowest BCUT2D eigenvalue weighted by atomic mass is 10.0. The Hall–Kier alpha value is -3.55. The number of carbonyl (C=O) groups excluding carboxylic acids is 5. The summed E-state index contributed by atoms with van der Waals surface area (Å²) >= 11 is 0. The third-order valence-corrected chi connectivity index (χ3v) is 5.95. The monoisotopic (exact) mass is 695 g/mol. The summed E-state index contributed by atoms with van der Waals surface area (Å²) < 4.78 is 38.8. The molecule has 278 valence electrons. The van der Waals surface area contributed by atoms with Crippen LogP contribution in [0, 0.1) is 0 Å². The van der Waals surface area contributed by atoms with Crippen LogP contribution in [-0.2, 0) is 63.7 Å². The molecule has 1 aromatic rings. The molecule has 0 radical (unpaired) electrons. The minimum absolute atomic E-state index is 0.0336. The van der Waals surface area contributed by atoms with E-state index in [1.807, 2.05) is 30.3 Å². The average Bonchev–Trinajstić information content (AvgIpc) is 2.95. The molecule has 49 heavy (non-hydrogen) atoms. The number of rotatable bonds is 21. The molecule has 0 saturated carbocycles. The van der Waals surface area contributed by atoms with Gasteiger partial charge < -0.3 is 38.5 Å². The van der Waals surface area contributed by atoms with Gasteiger partial charge >= 0.3 is 23.9 Å². The van der Waals surface area contributed by atoms with Crippen molar-refractivity contribution < 1.29 is 57.1 Å². The molecule has 0 bridgehead atoms. The van der Waals surface area contributed by atoms with E-state index in [1.54, 1.807) is 62.3 Å². The zero-order valence-corrected chi connectivity index (χ0v) is 30.8. The van der Waals surface area contributed by atoms with Crippen molar-refractivity contribution in [1.29, 1.82) is 0 Å². The zero-order chi connectivity index (χ0) is 37.1. The zero-order valence-electron chi connectivity index (χ0n) is 30.8. The van der Waals surface area contributed by atoms with Crippen molar-refractivity contribution in [2.24, 2.45) is 0 Å². The minimum atomic E-state index is -1.33. The van der Waals surface area contributed by atoms with Gasteiger partial charge in [0.05, 0.1) is 65.3 Å². The number of hydrogen-bond donors (Lipinski definition) is 1. The number of esters is 4. The van der Waals surface area contributed by atoms with E-state index in [4.69, 9.17) is 33.2 Å². The minimum Gasteiger partial charge on any atom is -0.461 e. The SMILES string of the molecule is CC(C)(C)OC(=O)CCOCC(COCCC(=O)OC(C)(C)C)(COCCC(=O)OC(C)(C)C)NC(=O)CCC(=O)OCc1ccccc1. The maximum atomic E-state index is 13.2. The molecule has 0 atom stereocenters. The van der Waals surface area contributed by atoms with Gasteiger partial charge in [0.2, 0.25) is 5.91 Å². The van der Waals surface area contributed by atoms with Crippen molar-refractivity contribution in [3.8, 4) is 0 Å². The first-order valence-corrected chi connectivity index (χ1v) is 16.6. The fourth-order valence-corrected chi connectivity index (χ4v) is 4.06. The molecule has 1 N–H and O–H groups in total. The summed E-state index contributed by atoms with van der Waals surface area (Å²) in [7, 11) is 0. The summed E-state index contributed by atoms with van der Waals surface area (Å²) in [6, 6.07) is 9.16. The first kappa shape index (κ1) is 43.5. The lowest BCUT2D eigenvalue weighted by Crippen LogP contribution is -2.58. The van der Waals surface area contributed by atoms with Crippen LogP contribution in [0.1, 0.15) is 100.0 Å². The molecule has 0 saturated heterocycles. The fraction of sp³-hybridized carbons (Fsp3) is 0.694.